The van der Waals surface area contributed by atoms with Crippen molar-refractivity contribution in [2.75, 3.05) is 18.6 Å². The molecule has 0 aliphatic rings. The van der Waals surface area contributed by atoms with E-state index in [4.69, 9.17) is 11.6 Å². The van der Waals surface area contributed by atoms with E-state index in [0.717, 1.165) is 42.4 Å². The number of nitrogens with one attached hydrogen (secondary N) is 1. The van der Waals surface area contributed by atoms with E-state index < -0.39 is 0 Å². The lowest BCUT2D eigenvalue weighted by Gasteiger charge is -2.19. The molecule has 5 heteroatoms. The molecule has 1 N–H and O–H groups in total. The third kappa shape index (κ3) is 4.19. The van der Waals surface area contributed by atoms with Gasteiger partial charge in [-0.15, -0.1) is 0 Å². The lowest BCUT2D eigenvalue weighted by Crippen LogP contribution is -2.25. The Labute approximate surface area is 113 Å². The first-order chi connectivity index (χ1) is 8.24. The van der Waals surface area contributed by atoms with Crippen molar-refractivity contribution >= 4 is 23.4 Å². The van der Waals surface area contributed by atoms with Crippen LogP contribution in [-0.2, 0) is 6.54 Å². The van der Waals surface area contributed by atoms with Gasteiger partial charge in [0.15, 0.2) is 0 Å². The minimum atomic E-state index is 0.317. The average Bonchev–Trinajstić information content (AvgIpc) is 2.71. The van der Waals surface area contributed by atoms with Crippen LogP contribution in [0.3, 0.4) is 0 Å². The van der Waals surface area contributed by atoms with E-state index in [1.165, 1.54) is 0 Å². The lowest BCUT2D eigenvalue weighted by molar-refractivity contribution is 0.473. The van der Waals surface area contributed by atoms with Gasteiger partial charge < -0.3 is 5.32 Å². The van der Waals surface area contributed by atoms with Crippen LogP contribution >= 0.6 is 23.4 Å². The topological polar surface area (TPSA) is 29.9 Å². The fourth-order valence-electron chi connectivity index (χ4n) is 1.86. The molecule has 0 saturated heterocycles. The number of hydrogen-bond donors (Lipinski definition) is 1. The Morgan fingerprint density at radius 3 is 2.88 bits per heavy atom. The number of aromatic nitrogens is 2. The van der Waals surface area contributed by atoms with Gasteiger partial charge in [0, 0.05) is 6.54 Å². The summed E-state index contributed by atoms with van der Waals surface area (Å²) in [4.78, 5) is 0. The van der Waals surface area contributed by atoms with Gasteiger partial charge in [-0.05, 0) is 38.3 Å². The van der Waals surface area contributed by atoms with Gasteiger partial charge in [0.1, 0.15) is 0 Å². The predicted molar refractivity (Wildman–Crippen MR) is 76.9 cm³/mol. The molecule has 0 aliphatic heterocycles. The second-order valence-corrected chi connectivity index (χ2v) is 5.37. The highest BCUT2D eigenvalue weighted by atomic mass is 35.5. The Morgan fingerprint density at radius 1 is 1.53 bits per heavy atom. The van der Waals surface area contributed by atoms with E-state index in [1.54, 1.807) is 6.20 Å². The monoisotopic (exact) mass is 275 g/mol. The highest BCUT2D eigenvalue weighted by Gasteiger charge is 2.18. The highest BCUT2D eigenvalue weighted by molar-refractivity contribution is 7.98. The summed E-state index contributed by atoms with van der Waals surface area (Å²) < 4.78 is 2.00. The van der Waals surface area contributed by atoms with Crippen molar-refractivity contribution in [2.24, 2.45) is 0 Å². The summed E-state index contributed by atoms with van der Waals surface area (Å²) in [5, 5.41) is 8.65. The van der Waals surface area contributed by atoms with Gasteiger partial charge in [-0.25, -0.2) is 0 Å². The Kier molecular flexibility index (Phi) is 7.00. The summed E-state index contributed by atoms with van der Waals surface area (Å²) >= 11 is 8.11. The fraction of sp³-hybridized carbons (Fsp3) is 0.750. The molecule has 0 saturated carbocycles. The third-order valence-electron chi connectivity index (χ3n) is 2.71. The van der Waals surface area contributed by atoms with Gasteiger partial charge in [0.25, 0.3) is 0 Å². The van der Waals surface area contributed by atoms with Gasteiger partial charge in [-0.1, -0.05) is 18.5 Å². The molecule has 0 spiro atoms. The second kappa shape index (κ2) is 8.01. The Balaban J connectivity index is 2.81. The van der Waals surface area contributed by atoms with Gasteiger partial charge >= 0.3 is 0 Å². The van der Waals surface area contributed by atoms with Crippen molar-refractivity contribution in [3.05, 3.63) is 16.9 Å². The molecule has 98 valence electrons. The largest absolute Gasteiger partial charge is 0.309 e. The summed E-state index contributed by atoms with van der Waals surface area (Å²) in [5.74, 6) is 1.13. The van der Waals surface area contributed by atoms with Crippen molar-refractivity contribution < 1.29 is 0 Å². The summed E-state index contributed by atoms with van der Waals surface area (Å²) in [5.41, 5.74) is 1.14. The SMILES string of the molecule is CCCNC(CCSC)c1c(Cl)cnn1CC. The Hall–Kier alpha value is -0.190. The molecule has 1 aromatic heterocycles. The number of hydrogen-bond acceptors (Lipinski definition) is 3. The minimum absolute atomic E-state index is 0.317. The molecule has 0 aromatic carbocycles. The molecule has 0 aliphatic carbocycles. The van der Waals surface area contributed by atoms with Gasteiger partial charge in [0.05, 0.1) is 23.0 Å². The van der Waals surface area contributed by atoms with Crippen LogP contribution in [0.2, 0.25) is 5.02 Å². The summed E-state index contributed by atoms with van der Waals surface area (Å²) in [7, 11) is 0. The molecule has 17 heavy (non-hydrogen) atoms. The van der Waals surface area contributed by atoms with Crippen molar-refractivity contribution in [2.45, 2.75) is 39.3 Å². The molecule has 1 atom stereocenters. The number of rotatable bonds is 8. The smallest absolute Gasteiger partial charge is 0.0834 e. The van der Waals surface area contributed by atoms with E-state index in [0.29, 0.717) is 6.04 Å². The average molecular weight is 276 g/mol. The molecular formula is C12H22ClN3S. The van der Waals surface area contributed by atoms with Crippen LogP contribution < -0.4 is 5.32 Å². The molecule has 1 aromatic rings. The molecule has 1 rings (SSSR count). The quantitative estimate of drug-likeness (QED) is 0.789. The van der Waals surface area contributed by atoms with Crippen molar-refractivity contribution in [1.29, 1.82) is 0 Å². The molecule has 0 radical (unpaired) electrons. The third-order valence-corrected chi connectivity index (χ3v) is 3.65. The summed E-state index contributed by atoms with van der Waals surface area (Å²) in [6.45, 7) is 6.16. The Bertz CT molecular complexity index is 320. The van der Waals surface area contributed by atoms with Gasteiger partial charge in [0.2, 0.25) is 0 Å². The van der Waals surface area contributed by atoms with Crippen molar-refractivity contribution in [3.8, 4) is 0 Å². The van der Waals surface area contributed by atoms with Crippen LogP contribution in [-0.4, -0.2) is 28.3 Å². The Morgan fingerprint density at radius 2 is 2.29 bits per heavy atom. The maximum atomic E-state index is 6.25. The molecule has 3 nitrogen and oxygen atoms in total. The zero-order valence-corrected chi connectivity index (χ0v) is 12.4. The van der Waals surface area contributed by atoms with Crippen LogP contribution in [0.1, 0.15) is 38.4 Å². The summed E-state index contributed by atoms with van der Waals surface area (Å²) in [6.07, 6.45) is 6.11. The first-order valence-electron chi connectivity index (χ1n) is 6.18. The van der Waals surface area contributed by atoms with Crippen molar-refractivity contribution in [3.63, 3.8) is 0 Å². The molecule has 0 fully saturated rings. The van der Waals surface area contributed by atoms with Crippen LogP contribution in [0.4, 0.5) is 0 Å². The second-order valence-electron chi connectivity index (χ2n) is 3.98. The van der Waals surface area contributed by atoms with Crippen LogP contribution in [0.25, 0.3) is 0 Å². The number of aryl methyl sites for hydroxylation is 1. The van der Waals surface area contributed by atoms with Crippen LogP contribution in [0, 0.1) is 0 Å². The number of thioether (sulfide) groups is 1. The first kappa shape index (κ1) is 14.9. The molecular weight excluding hydrogens is 254 g/mol. The lowest BCUT2D eigenvalue weighted by atomic mass is 10.1. The van der Waals surface area contributed by atoms with E-state index in [2.05, 4.69) is 30.5 Å². The van der Waals surface area contributed by atoms with E-state index in [9.17, 15) is 0 Å². The van der Waals surface area contributed by atoms with Gasteiger partial charge in [-0.2, -0.15) is 16.9 Å². The fourth-order valence-corrected chi connectivity index (χ4v) is 2.60. The molecule has 1 unspecified atom stereocenters. The van der Waals surface area contributed by atoms with Gasteiger partial charge in [-0.3, -0.25) is 4.68 Å². The number of nitrogens with zero attached hydrogens (tertiary/aromatic N) is 2. The van der Waals surface area contributed by atoms with Crippen LogP contribution in [0.5, 0.6) is 0 Å². The summed E-state index contributed by atoms with van der Waals surface area (Å²) in [6, 6.07) is 0.317. The molecule has 0 bridgehead atoms. The predicted octanol–water partition coefficient (Wildman–Crippen LogP) is 3.35. The molecule has 0 amide bonds. The number of halogens is 1. The maximum Gasteiger partial charge on any atom is 0.0834 e. The van der Waals surface area contributed by atoms with E-state index in [-0.39, 0.29) is 0 Å². The van der Waals surface area contributed by atoms with Crippen LogP contribution in [0.15, 0.2) is 6.20 Å². The normalized spacial score (nSPS) is 12.9. The minimum Gasteiger partial charge on any atom is -0.309 e. The van der Waals surface area contributed by atoms with Crippen molar-refractivity contribution in [1.82, 2.24) is 15.1 Å². The van der Waals surface area contributed by atoms with E-state index >= 15 is 0 Å². The standard InChI is InChI=1S/C12H22ClN3S/c1-4-7-14-11(6-8-17-3)12-10(13)9-15-16(12)5-2/h9,11,14H,4-8H2,1-3H3. The zero-order chi connectivity index (χ0) is 12.7. The molecule has 1 heterocycles. The first-order valence-corrected chi connectivity index (χ1v) is 7.95. The maximum absolute atomic E-state index is 6.25. The zero-order valence-electron chi connectivity index (χ0n) is 10.9. The van der Waals surface area contributed by atoms with E-state index in [1.807, 2.05) is 16.4 Å². The highest BCUT2D eigenvalue weighted by Crippen LogP contribution is 2.26.